The number of amides is 1. The molecule has 1 heterocycles. The molecule has 0 atom stereocenters. The summed E-state index contributed by atoms with van der Waals surface area (Å²) in [5, 5.41) is 4.07. The molecule has 0 aliphatic rings. The Labute approximate surface area is 144 Å². The van der Waals surface area contributed by atoms with E-state index in [2.05, 4.69) is 29.4 Å². The third-order valence-corrected chi connectivity index (χ3v) is 5.03. The summed E-state index contributed by atoms with van der Waals surface area (Å²) in [5.74, 6) is -0.0600. The zero-order valence-electron chi connectivity index (χ0n) is 13.2. The van der Waals surface area contributed by atoms with E-state index in [-0.39, 0.29) is 5.91 Å². The lowest BCUT2D eigenvalue weighted by molar-refractivity contribution is -0.115. The van der Waals surface area contributed by atoms with Crippen molar-refractivity contribution in [2.75, 3.05) is 5.32 Å². The summed E-state index contributed by atoms with van der Waals surface area (Å²) in [6.45, 7) is 6.15. The van der Waals surface area contributed by atoms with Gasteiger partial charge in [-0.1, -0.05) is 46.7 Å². The Morgan fingerprint density at radius 3 is 2.57 bits per heavy atom. The van der Waals surface area contributed by atoms with Crippen LogP contribution in [0, 0.1) is 20.8 Å². The van der Waals surface area contributed by atoms with E-state index in [9.17, 15) is 4.79 Å². The number of anilines is 1. The van der Waals surface area contributed by atoms with Crippen LogP contribution in [-0.4, -0.2) is 10.9 Å². The molecule has 0 radical (unpaired) electrons. The van der Waals surface area contributed by atoms with Gasteiger partial charge in [0.15, 0.2) is 5.13 Å². The SMILES string of the molecule is Cc1cc(C)c(CC(=O)Nc2nc3c(Cl)cccc3s2)c(C)c1. The first-order valence-corrected chi connectivity index (χ1v) is 8.55. The summed E-state index contributed by atoms with van der Waals surface area (Å²) in [7, 11) is 0. The van der Waals surface area contributed by atoms with E-state index in [0.29, 0.717) is 16.6 Å². The zero-order chi connectivity index (χ0) is 16.6. The number of nitrogens with zero attached hydrogens (tertiary/aromatic N) is 1. The van der Waals surface area contributed by atoms with Crippen molar-refractivity contribution in [3.05, 3.63) is 57.6 Å². The van der Waals surface area contributed by atoms with Crippen molar-refractivity contribution in [1.82, 2.24) is 4.98 Å². The number of benzene rings is 2. The lowest BCUT2D eigenvalue weighted by atomic mass is 9.97. The molecule has 0 unspecified atom stereocenters. The third-order valence-electron chi connectivity index (χ3n) is 3.79. The molecule has 0 aliphatic heterocycles. The van der Waals surface area contributed by atoms with E-state index in [1.165, 1.54) is 16.9 Å². The molecule has 3 nitrogen and oxygen atoms in total. The largest absolute Gasteiger partial charge is 0.302 e. The molecule has 3 rings (SSSR count). The fraction of sp³-hybridized carbons (Fsp3) is 0.222. The Bertz CT molecular complexity index is 878. The van der Waals surface area contributed by atoms with Gasteiger partial charge in [-0.3, -0.25) is 4.79 Å². The molecule has 0 bridgehead atoms. The monoisotopic (exact) mass is 344 g/mol. The summed E-state index contributed by atoms with van der Waals surface area (Å²) in [4.78, 5) is 16.8. The summed E-state index contributed by atoms with van der Waals surface area (Å²) in [6.07, 6.45) is 0.349. The lowest BCUT2D eigenvalue weighted by Crippen LogP contribution is -2.15. The number of hydrogen-bond acceptors (Lipinski definition) is 3. The highest BCUT2D eigenvalue weighted by atomic mass is 35.5. The van der Waals surface area contributed by atoms with Crippen LogP contribution in [0.15, 0.2) is 30.3 Å². The minimum Gasteiger partial charge on any atom is -0.302 e. The number of halogens is 1. The first kappa shape index (κ1) is 16.0. The molecule has 118 valence electrons. The van der Waals surface area contributed by atoms with E-state index in [1.807, 2.05) is 26.0 Å². The maximum absolute atomic E-state index is 12.4. The molecule has 3 aromatic rings. The highest BCUT2D eigenvalue weighted by Gasteiger charge is 2.13. The second kappa shape index (κ2) is 6.30. The van der Waals surface area contributed by atoms with Crippen molar-refractivity contribution >= 4 is 44.2 Å². The Kier molecular flexibility index (Phi) is 4.37. The quantitative estimate of drug-likeness (QED) is 0.721. The van der Waals surface area contributed by atoms with Gasteiger partial charge in [0.1, 0.15) is 5.52 Å². The molecule has 23 heavy (non-hydrogen) atoms. The van der Waals surface area contributed by atoms with E-state index in [0.717, 1.165) is 26.9 Å². The number of fused-ring (bicyclic) bond motifs is 1. The van der Waals surface area contributed by atoms with Crippen molar-refractivity contribution in [2.24, 2.45) is 0 Å². The van der Waals surface area contributed by atoms with E-state index in [1.54, 1.807) is 6.07 Å². The molecule has 5 heteroatoms. The van der Waals surface area contributed by atoms with E-state index >= 15 is 0 Å². The molecule has 0 spiro atoms. The normalized spacial score (nSPS) is 11.0. The molecule has 2 aromatic carbocycles. The van der Waals surface area contributed by atoms with Crippen LogP contribution in [0.4, 0.5) is 5.13 Å². The van der Waals surface area contributed by atoms with Crippen LogP contribution in [0.1, 0.15) is 22.3 Å². The lowest BCUT2D eigenvalue weighted by Gasteiger charge is -2.10. The Balaban J connectivity index is 1.80. The van der Waals surface area contributed by atoms with Crippen molar-refractivity contribution in [2.45, 2.75) is 27.2 Å². The number of aryl methyl sites for hydroxylation is 3. The summed E-state index contributed by atoms with van der Waals surface area (Å²) >= 11 is 7.56. The van der Waals surface area contributed by atoms with Crippen molar-refractivity contribution < 1.29 is 4.79 Å². The smallest absolute Gasteiger partial charge is 0.230 e. The van der Waals surface area contributed by atoms with E-state index < -0.39 is 0 Å². The maximum Gasteiger partial charge on any atom is 0.230 e. The molecule has 0 saturated heterocycles. The average molecular weight is 345 g/mol. The van der Waals surface area contributed by atoms with Gasteiger partial charge in [-0.2, -0.15) is 0 Å². The number of para-hydroxylation sites is 1. The molecule has 1 N–H and O–H groups in total. The number of thiazole rings is 1. The molecule has 1 amide bonds. The van der Waals surface area contributed by atoms with Crippen molar-refractivity contribution in [3.63, 3.8) is 0 Å². The predicted molar refractivity (Wildman–Crippen MR) is 97.6 cm³/mol. The fourth-order valence-corrected chi connectivity index (χ4v) is 3.96. The first-order valence-electron chi connectivity index (χ1n) is 7.35. The van der Waals surface area contributed by atoms with Crippen LogP contribution in [-0.2, 0) is 11.2 Å². The predicted octanol–water partition coefficient (Wildman–Crippen LogP) is 5.06. The summed E-state index contributed by atoms with van der Waals surface area (Å²) < 4.78 is 0.968. The molecule has 0 fully saturated rings. The third kappa shape index (κ3) is 3.38. The molecular weight excluding hydrogens is 328 g/mol. The van der Waals surface area contributed by atoms with Gasteiger partial charge in [0.25, 0.3) is 0 Å². The molecule has 1 aromatic heterocycles. The highest BCUT2D eigenvalue weighted by Crippen LogP contribution is 2.30. The average Bonchev–Trinajstić information content (AvgIpc) is 2.86. The minimum absolute atomic E-state index is 0.0600. The second-order valence-corrected chi connectivity index (χ2v) is 7.15. The van der Waals surface area contributed by atoms with Gasteiger partial charge in [0.2, 0.25) is 5.91 Å². The number of nitrogens with one attached hydrogen (secondary N) is 1. The van der Waals surface area contributed by atoms with Gasteiger partial charge in [0.05, 0.1) is 16.1 Å². The molecule has 0 saturated carbocycles. The van der Waals surface area contributed by atoms with Crippen LogP contribution in [0.3, 0.4) is 0 Å². The van der Waals surface area contributed by atoms with Gasteiger partial charge in [-0.05, 0) is 49.6 Å². The zero-order valence-corrected chi connectivity index (χ0v) is 14.8. The number of rotatable bonds is 3. The Morgan fingerprint density at radius 2 is 1.91 bits per heavy atom. The molecule has 0 aliphatic carbocycles. The van der Waals surface area contributed by atoms with Gasteiger partial charge < -0.3 is 5.32 Å². The summed E-state index contributed by atoms with van der Waals surface area (Å²) in [6, 6.07) is 9.84. The number of aromatic nitrogens is 1. The Morgan fingerprint density at radius 1 is 1.22 bits per heavy atom. The fourth-order valence-electron chi connectivity index (χ4n) is 2.78. The maximum atomic E-state index is 12.4. The molecular formula is C18H17ClN2OS. The van der Waals surface area contributed by atoms with Crippen molar-refractivity contribution in [1.29, 1.82) is 0 Å². The second-order valence-electron chi connectivity index (χ2n) is 5.71. The number of carbonyl (C=O) groups is 1. The van der Waals surface area contributed by atoms with E-state index in [4.69, 9.17) is 11.6 Å². The first-order chi connectivity index (χ1) is 10.9. The van der Waals surface area contributed by atoms with Gasteiger partial charge in [-0.15, -0.1) is 0 Å². The van der Waals surface area contributed by atoms with Gasteiger partial charge in [0, 0.05) is 0 Å². The highest BCUT2D eigenvalue weighted by molar-refractivity contribution is 7.22. The number of hydrogen-bond donors (Lipinski definition) is 1. The topological polar surface area (TPSA) is 42.0 Å². The van der Waals surface area contributed by atoms with Crippen LogP contribution >= 0.6 is 22.9 Å². The van der Waals surface area contributed by atoms with Crippen molar-refractivity contribution in [3.8, 4) is 0 Å². The standard InChI is InChI=1S/C18H17ClN2OS/c1-10-7-11(2)13(12(3)8-10)9-16(22)20-18-21-17-14(19)5-4-6-15(17)23-18/h4-8H,9H2,1-3H3,(H,20,21,22). The summed E-state index contributed by atoms with van der Waals surface area (Å²) in [5.41, 5.74) is 5.31. The number of carbonyl (C=O) groups excluding carboxylic acids is 1. The van der Waals surface area contributed by atoms with Crippen LogP contribution < -0.4 is 5.32 Å². The van der Waals surface area contributed by atoms with Gasteiger partial charge in [-0.25, -0.2) is 4.98 Å². The Hall–Kier alpha value is -1.91. The van der Waals surface area contributed by atoms with Crippen LogP contribution in [0.25, 0.3) is 10.2 Å². The van der Waals surface area contributed by atoms with Gasteiger partial charge >= 0.3 is 0 Å². The minimum atomic E-state index is -0.0600. The van der Waals surface area contributed by atoms with Crippen LogP contribution in [0.5, 0.6) is 0 Å². The van der Waals surface area contributed by atoms with Crippen LogP contribution in [0.2, 0.25) is 5.02 Å².